The minimum atomic E-state index is -3.41. The zero-order valence-corrected chi connectivity index (χ0v) is 17.4. The summed E-state index contributed by atoms with van der Waals surface area (Å²) in [7, 11) is -0.216. The van der Waals surface area contributed by atoms with Gasteiger partial charge in [-0.05, 0) is 37.1 Å². The number of sulfonamides is 1. The fraction of sp³-hybridized carbons (Fsp3) is 0.474. The number of guanidine groups is 1. The number of piperidine rings is 1. The zero-order valence-electron chi connectivity index (χ0n) is 16.5. The van der Waals surface area contributed by atoms with Gasteiger partial charge in [0.25, 0.3) is 0 Å². The van der Waals surface area contributed by atoms with Crippen LogP contribution < -0.4 is 10.0 Å². The Labute approximate surface area is 166 Å². The Morgan fingerprint density at radius 3 is 2.68 bits per heavy atom. The number of nitrogens with one attached hydrogen (secondary N) is 2. The maximum atomic E-state index is 11.8. The Hall–Kier alpha value is -2.39. The van der Waals surface area contributed by atoms with Crippen molar-refractivity contribution < 1.29 is 8.42 Å². The van der Waals surface area contributed by atoms with Gasteiger partial charge in [0.1, 0.15) is 0 Å². The van der Waals surface area contributed by atoms with E-state index in [9.17, 15) is 8.42 Å². The Bertz CT molecular complexity index is 893. The molecule has 1 aromatic carbocycles. The molecule has 2 unspecified atom stereocenters. The van der Waals surface area contributed by atoms with Crippen LogP contribution in [0.1, 0.15) is 24.9 Å². The number of aliphatic imine (C=N–C) groups is 1. The first-order valence-electron chi connectivity index (χ1n) is 9.40. The molecule has 9 heteroatoms. The van der Waals surface area contributed by atoms with Crippen molar-refractivity contribution in [3.05, 3.63) is 48.5 Å². The van der Waals surface area contributed by atoms with Gasteiger partial charge in [-0.25, -0.2) is 18.1 Å². The van der Waals surface area contributed by atoms with Gasteiger partial charge in [0.05, 0.1) is 17.3 Å². The second kappa shape index (κ2) is 8.74. The number of hydrogen-bond acceptors (Lipinski definition) is 4. The van der Waals surface area contributed by atoms with Crippen LogP contribution in [0.25, 0.3) is 0 Å². The monoisotopic (exact) mass is 404 g/mol. The minimum absolute atomic E-state index is 0.260. The third-order valence-corrected chi connectivity index (χ3v) is 6.72. The fourth-order valence-corrected chi connectivity index (χ4v) is 4.24. The summed E-state index contributed by atoms with van der Waals surface area (Å²) in [6, 6.07) is 7.22. The molecular weight excluding hydrogens is 376 g/mol. The largest absolute Gasteiger partial charge is 0.352 e. The molecule has 1 aliphatic rings. The molecule has 1 aliphatic heterocycles. The molecule has 0 spiro atoms. The summed E-state index contributed by atoms with van der Waals surface area (Å²) < 4.78 is 28.1. The highest BCUT2D eigenvalue weighted by Gasteiger charge is 2.28. The van der Waals surface area contributed by atoms with Crippen molar-refractivity contribution in [1.82, 2.24) is 24.5 Å². The summed E-state index contributed by atoms with van der Waals surface area (Å²) in [4.78, 5) is 11.1. The zero-order chi connectivity index (χ0) is 20.1. The van der Waals surface area contributed by atoms with Crippen LogP contribution in [0.3, 0.4) is 0 Å². The van der Waals surface area contributed by atoms with Crippen LogP contribution in [0.2, 0.25) is 0 Å². The van der Waals surface area contributed by atoms with Crippen molar-refractivity contribution in [3.8, 4) is 0 Å². The van der Waals surface area contributed by atoms with E-state index in [1.165, 1.54) is 7.05 Å². The number of benzene rings is 1. The van der Waals surface area contributed by atoms with Crippen molar-refractivity contribution in [1.29, 1.82) is 0 Å². The standard InChI is InChI=1S/C19H28N6O2S/c1-15-8-10-24(13-18(15)25-11-9-22-14-25)19(20-2)23-12-16-4-6-17(7-5-16)28(26,27)21-3/h4-7,9,11,14-15,18,21H,8,10,12-13H2,1-3H3,(H,20,23). The summed E-state index contributed by atoms with van der Waals surface area (Å²) in [6.45, 7) is 4.68. The van der Waals surface area contributed by atoms with Crippen molar-refractivity contribution >= 4 is 16.0 Å². The first-order chi connectivity index (χ1) is 13.4. The Balaban J connectivity index is 1.63. The summed E-state index contributed by atoms with van der Waals surface area (Å²) in [5.41, 5.74) is 0.993. The van der Waals surface area contributed by atoms with E-state index in [4.69, 9.17) is 0 Å². The molecule has 28 heavy (non-hydrogen) atoms. The number of rotatable bonds is 5. The second-order valence-corrected chi connectivity index (χ2v) is 8.93. The third kappa shape index (κ3) is 4.53. The third-order valence-electron chi connectivity index (χ3n) is 5.29. The predicted molar refractivity (Wildman–Crippen MR) is 110 cm³/mol. The lowest BCUT2D eigenvalue weighted by Crippen LogP contribution is -2.48. The topological polar surface area (TPSA) is 91.6 Å². The number of aromatic nitrogens is 2. The van der Waals surface area contributed by atoms with Crippen molar-refractivity contribution in [2.45, 2.75) is 30.8 Å². The van der Waals surface area contributed by atoms with Gasteiger partial charge in [0, 0.05) is 39.1 Å². The number of likely N-dealkylation sites (tertiary alicyclic amines) is 1. The summed E-state index contributed by atoms with van der Waals surface area (Å²) >= 11 is 0. The Morgan fingerprint density at radius 1 is 1.32 bits per heavy atom. The van der Waals surface area contributed by atoms with E-state index in [1.54, 1.807) is 19.2 Å². The van der Waals surface area contributed by atoms with Crippen molar-refractivity contribution in [2.75, 3.05) is 27.2 Å². The molecule has 2 aromatic rings. The average molecular weight is 405 g/mol. The van der Waals surface area contributed by atoms with Crippen LogP contribution in [0.4, 0.5) is 0 Å². The molecule has 0 saturated carbocycles. The van der Waals surface area contributed by atoms with E-state index in [0.717, 1.165) is 31.0 Å². The highest BCUT2D eigenvalue weighted by molar-refractivity contribution is 7.89. The van der Waals surface area contributed by atoms with Crippen LogP contribution in [0, 0.1) is 5.92 Å². The van der Waals surface area contributed by atoms with Crippen LogP contribution >= 0.6 is 0 Å². The number of imidazole rings is 1. The summed E-state index contributed by atoms with van der Waals surface area (Å²) in [5.74, 6) is 1.43. The van der Waals surface area contributed by atoms with Crippen molar-refractivity contribution in [3.63, 3.8) is 0 Å². The summed E-state index contributed by atoms with van der Waals surface area (Å²) in [6.07, 6.45) is 6.79. The van der Waals surface area contributed by atoms with E-state index in [-0.39, 0.29) is 4.90 Å². The quantitative estimate of drug-likeness (QED) is 0.581. The van der Waals surface area contributed by atoms with E-state index < -0.39 is 10.0 Å². The molecule has 0 radical (unpaired) electrons. The molecule has 0 amide bonds. The van der Waals surface area contributed by atoms with Gasteiger partial charge in [0.15, 0.2) is 5.96 Å². The maximum Gasteiger partial charge on any atom is 0.240 e. The highest BCUT2D eigenvalue weighted by Crippen LogP contribution is 2.27. The van der Waals surface area contributed by atoms with Gasteiger partial charge in [-0.3, -0.25) is 4.99 Å². The first-order valence-corrected chi connectivity index (χ1v) is 10.9. The molecule has 152 valence electrons. The lowest BCUT2D eigenvalue weighted by molar-refractivity contribution is 0.189. The van der Waals surface area contributed by atoms with E-state index >= 15 is 0 Å². The molecule has 2 heterocycles. The van der Waals surface area contributed by atoms with E-state index in [1.807, 2.05) is 30.9 Å². The van der Waals surface area contributed by atoms with Gasteiger partial charge in [-0.1, -0.05) is 19.1 Å². The highest BCUT2D eigenvalue weighted by atomic mass is 32.2. The molecule has 8 nitrogen and oxygen atoms in total. The Morgan fingerprint density at radius 2 is 2.07 bits per heavy atom. The van der Waals surface area contributed by atoms with Gasteiger partial charge in [-0.15, -0.1) is 0 Å². The number of nitrogens with zero attached hydrogens (tertiary/aromatic N) is 4. The van der Waals surface area contributed by atoms with Crippen LogP contribution in [-0.2, 0) is 16.6 Å². The fourth-order valence-electron chi connectivity index (χ4n) is 3.51. The van der Waals surface area contributed by atoms with E-state index in [2.05, 4.69) is 36.4 Å². The number of hydrogen-bond donors (Lipinski definition) is 2. The first kappa shape index (κ1) is 20.3. The maximum absolute atomic E-state index is 11.8. The second-order valence-electron chi connectivity index (χ2n) is 7.04. The molecule has 0 bridgehead atoms. The van der Waals surface area contributed by atoms with Gasteiger partial charge < -0.3 is 14.8 Å². The van der Waals surface area contributed by atoms with Crippen LogP contribution in [0.15, 0.2) is 52.9 Å². The molecule has 0 aliphatic carbocycles. The molecule has 2 atom stereocenters. The predicted octanol–water partition coefficient (Wildman–Crippen LogP) is 1.45. The average Bonchev–Trinajstić information content (AvgIpc) is 3.24. The van der Waals surface area contributed by atoms with Crippen LogP contribution in [0.5, 0.6) is 0 Å². The smallest absolute Gasteiger partial charge is 0.240 e. The lowest BCUT2D eigenvalue weighted by Gasteiger charge is -2.39. The normalized spacial score (nSPS) is 21.0. The molecule has 1 saturated heterocycles. The molecule has 1 aromatic heterocycles. The molecule has 1 fully saturated rings. The van der Waals surface area contributed by atoms with Gasteiger partial charge in [-0.2, -0.15) is 0 Å². The SMILES string of the molecule is CN=C(NCc1ccc(S(=O)(=O)NC)cc1)N1CCC(C)C(n2ccnc2)C1. The van der Waals surface area contributed by atoms with Gasteiger partial charge in [0.2, 0.25) is 10.0 Å². The Kier molecular flexibility index (Phi) is 6.35. The minimum Gasteiger partial charge on any atom is -0.352 e. The van der Waals surface area contributed by atoms with Crippen LogP contribution in [-0.4, -0.2) is 56.0 Å². The van der Waals surface area contributed by atoms with Crippen molar-refractivity contribution in [2.24, 2.45) is 10.9 Å². The molecule has 2 N–H and O–H groups in total. The molecule has 3 rings (SSSR count). The van der Waals surface area contributed by atoms with Gasteiger partial charge >= 0.3 is 0 Å². The molecular formula is C19H28N6O2S. The lowest BCUT2D eigenvalue weighted by atomic mass is 9.93. The summed E-state index contributed by atoms with van der Waals surface area (Å²) in [5, 5.41) is 3.39. The van der Waals surface area contributed by atoms with E-state index in [0.29, 0.717) is 18.5 Å².